The maximum Gasteiger partial charge on any atom is 0.164 e. The molecule has 3 aromatic heterocycles. The van der Waals surface area contributed by atoms with Gasteiger partial charge in [0, 0.05) is 59.8 Å². The Morgan fingerprint density at radius 1 is 0.804 bits per heavy atom. The Labute approximate surface area is 320 Å². The van der Waals surface area contributed by atoms with Gasteiger partial charge in [0.1, 0.15) is 5.76 Å². The molecule has 3 aromatic carbocycles. The number of nitrogens with zero attached hydrogens (tertiary/aromatic N) is 2. The Morgan fingerprint density at radius 3 is 2.18 bits per heavy atom. The number of carbonyl (C=O) groups is 1. The van der Waals surface area contributed by atoms with Crippen LogP contribution in [0.4, 0.5) is 0 Å². The molecule has 1 aliphatic rings. The first kappa shape index (κ1) is 38.3. The van der Waals surface area contributed by atoms with Gasteiger partial charge < -0.3 is 5.11 Å². The molecule has 6 aromatic rings. The number of thiophene rings is 1. The molecule has 1 aliphatic carbocycles. The third-order valence-electron chi connectivity index (χ3n) is 11.2. The molecule has 0 fully saturated rings. The molecule has 0 unspecified atom stereocenters. The molecule has 0 amide bonds. The summed E-state index contributed by atoms with van der Waals surface area (Å²) < 4.78 is 1.23. The fraction of sp³-hybridized carbons (Fsp3) is 0.311. The Kier molecular flexibility index (Phi) is 12.1. The molecule has 1 N–H and O–H groups in total. The van der Waals surface area contributed by atoms with Gasteiger partial charge in [0.05, 0.1) is 10.6 Å². The number of aryl methyl sites for hydroxylation is 2. The minimum Gasteiger partial charge on any atom is -0.512 e. The van der Waals surface area contributed by atoms with Gasteiger partial charge in [-0.2, -0.15) is 0 Å². The first-order valence-electron chi connectivity index (χ1n) is 18.0. The van der Waals surface area contributed by atoms with E-state index >= 15 is 0 Å². The van der Waals surface area contributed by atoms with Crippen LogP contribution in [0, 0.1) is 16.9 Å². The first-order valence-corrected chi connectivity index (χ1v) is 18.8. The van der Waals surface area contributed by atoms with Crippen LogP contribution in [-0.4, -0.2) is 20.9 Å². The molecule has 0 saturated heterocycles. The largest absolute Gasteiger partial charge is 0.512 e. The van der Waals surface area contributed by atoms with E-state index in [9.17, 15) is 9.90 Å². The van der Waals surface area contributed by atoms with Crippen molar-refractivity contribution >= 4 is 38.0 Å². The number of hydrogen-bond acceptors (Lipinski definition) is 5. The van der Waals surface area contributed by atoms with Crippen LogP contribution in [0.3, 0.4) is 0 Å². The van der Waals surface area contributed by atoms with Gasteiger partial charge in [-0.05, 0) is 72.7 Å². The molecule has 1 radical (unpaired) electrons. The van der Waals surface area contributed by atoms with Crippen molar-refractivity contribution in [3.8, 4) is 33.0 Å². The normalized spacial score (nSPS) is 12.8. The quantitative estimate of drug-likeness (QED) is 0.0893. The van der Waals surface area contributed by atoms with Crippen LogP contribution in [0.15, 0.2) is 103 Å². The van der Waals surface area contributed by atoms with E-state index in [1.54, 1.807) is 0 Å². The Bertz CT molecular complexity index is 2180. The number of carbonyl (C=O) groups excluding carboxylic acids is 1. The molecule has 0 aliphatic heterocycles. The zero-order chi connectivity index (χ0) is 35.5. The Balaban J connectivity index is 0.000000242. The molecule has 7 rings (SSSR count). The summed E-state index contributed by atoms with van der Waals surface area (Å²) in [5.41, 5.74) is 7.76. The molecule has 3 heterocycles. The van der Waals surface area contributed by atoms with Gasteiger partial charge in [0.15, 0.2) is 5.78 Å². The maximum atomic E-state index is 12.2. The van der Waals surface area contributed by atoms with Gasteiger partial charge in [0.2, 0.25) is 0 Å². The van der Waals surface area contributed by atoms with Crippen molar-refractivity contribution in [1.82, 2.24) is 9.97 Å². The van der Waals surface area contributed by atoms with Crippen LogP contribution >= 0.6 is 11.3 Å². The van der Waals surface area contributed by atoms with E-state index < -0.39 is 0 Å². The summed E-state index contributed by atoms with van der Waals surface area (Å²) in [6.07, 6.45) is 10.7. The van der Waals surface area contributed by atoms with Gasteiger partial charge in [-0.1, -0.05) is 113 Å². The van der Waals surface area contributed by atoms with Crippen LogP contribution in [0.5, 0.6) is 0 Å². The van der Waals surface area contributed by atoms with Crippen LogP contribution in [-0.2, 0) is 37.7 Å². The average molecular weight is 872 g/mol. The fourth-order valence-corrected chi connectivity index (χ4v) is 8.09. The van der Waals surface area contributed by atoms with E-state index in [4.69, 9.17) is 9.97 Å². The number of ketones is 1. The van der Waals surface area contributed by atoms with Gasteiger partial charge in [0.25, 0.3) is 0 Å². The molecular formula is C45H47IrN2O2S-. The standard InChI is InChI=1S/C30H19N2S.C15H28O2.Ir/c1-2-7-19(8-3-1)26-18-22(17-21-9-4-5-11-23(21)26)28-30-25(14-16-32-28)24-13-12-20-10-6-15-31-27(20)29(24)33-30;1-7-14(5,8-2)12(16)11-13(17)15(6,9-3)10-4;/h1-11,14-16,18H,12-13H2;11,16H,7-10H2,1-6H3;/q-1;;/b;12-11-;. The zero-order valence-corrected chi connectivity index (χ0v) is 33.7. The van der Waals surface area contributed by atoms with Crippen molar-refractivity contribution in [2.24, 2.45) is 10.8 Å². The molecule has 0 saturated carbocycles. The molecular weight excluding hydrogens is 825 g/mol. The maximum absolute atomic E-state index is 12.2. The number of benzene rings is 3. The summed E-state index contributed by atoms with van der Waals surface area (Å²) in [7, 11) is 0. The van der Waals surface area contributed by atoms with Crippen molar-refractivity contribution in [3.63, 3.8) is 0 Å². The number of aliphatic hydroxyl groups excluding tert-OH is 1. The minimum absolute atomic E-state index is 0. The molecule has 0 bridgehead atoms. The van der Waals surface area contributed by atoms with Crippen molar-refractivity contribution in [2.75, 3.05) is 0 Å². The van der Waals surface area contributed by atoms with E-state index in [1.165, 1.54) is 48.7 Å². The van der Waals surface area contributed by atoms with Gasteiger partial charge >= 0.3 is 0 Å². The van der Waals surface area contributed by atoms with Crippen molar-refractivity contribution in [2.45, 2.75) is 80.1 Å². The summed E-state index contributed by atoms with van der Waals surface area (Å²) >= 11 is 1.83. The van der Waals surface area contributed by atoms with Crippen molar-refractivity contribution in [3.05, 3.63) is 120 Å². The fourth-order valence-electron chi connectivity index (χ4n) is 6.71. The number of rotatable bonds is 9. The number of pyridine rings is 2. The zero-order valence-electron chi connectivity index (χ0n) is 30.5. The predicted molar refractivity (Wildman–Crippen MR) is 211 cm³/mol. The van der Waals surface area contributed by atoms with Crippen LogP contribution < -0.4 is 0 Å². The predicted octanol–water partition coefficient (Wildman–Crippen LogP) is 12.4. The SMILES string of the molecule is CCC(C)(CC)C(=O)/C=C(\O)C(C)(CC)CC.[Ir].[c-]1c(-c2nccc3c4c(sc23)-c2ncccc2CC4)cc(-c2ccccc2)c2ccccc12. The van der Waals surface area contributed by atoms with Crippen LogP contribution in [0.25, 0.3) is 53.8 Å². The third-order valence-corrected chi connectivity index (χ3v) is 12.4. The van der Waals surface area contributed by atoms with Gasteiger partial charge in [-0.15, -0.1) is 34.9 Å². The molecule has 6 heteroatoms. The van der Waals surface area contributed by atoms with Crippen LogP contribution in [0.1, 0.15) is 78.4 Å². The summed E-state index contributed by atoms with van der Waals surface area (Å²) in [4.78, 5) is 23.1. The smallest absolute Gasteiger partial charge is 0.164 e. The Hall–Kier alpha value is -3.96. The number of allylic oxidation sites excluding steroid dienone is 2. The summed E-state index contributed by atoms with van der Waals surface area (Å²) in [5.74, 6) is 0.286. The van der Waals surface area contributed by atoms with E-state index in [1.807, 2.05) is 71.3 Å². The third kappa shape index (κ3) is 7.51. The number of hydrogen-bond donors (Lipinski definition) is 1. The van der Waals surface area contributed by atoms with E-state index in [0.29, 0.717) is 0 Å². The molecule has 265 valence electrons. The van der Waals surface area contributed by atoms with Gasteiger partial charge in [-0.3, -0.25) is 14.8 Å². The molecule has 51 heavy (non-hydrogen) atoms. The average Bonchev–Trinajstić information content (AvgIpc) is 3.57. The van der Waals surface area contributed by atoms with E-state index in [2.05, 4.69) is 78.9 Å². The Morgan fingerprint density at radius 2 is 1.47 bits per heavy atom. The van der Waals surface area contributed by atoms with Crippen molar-refractivity contribution < 1.29 is 30.0 Å². The number of aromatic nitrogens is 2. The second-order valence-corrected chi connectivity index (χ2v) is 14.9. The summed E-state index contributed by atoms with van der Waals surface area (Å²) in [6.45, 7) is 12.1. The summed E-state index contributed by atoms with van der Waals surface area (Å²) in [5, 5.41) is 13.8. The second kappa shape index (κ2) is 16.2. The van der Waals surface area contributed by atoms with Crippen molar-refractivity contribution in [1.29, 1.82) is 0 Å². The van der Waals surface area contributed by atoms with E-state index in [0.717, 1.165) is 60.9 Å². The topological polar surface area (TPSA) is 63.1 Å². The van der Waals surface area contributed by atoms with Crippen LogP contribution in [0.2, 0.25) is 0 Å². The van der Waals surface area contributed by atoms with Gasteiger partial charge in [-0.25, -0.2) is 0 Å². The monoisotopic (exact) mass is 872 g/mol. The van der Waals surface area contributed by atoms with E-state index in [-0.39, 0.29) is 42.5 Å². The minimum atomic E-state index is -0.337. The second-order valence-electron chi connectivity index (χ2n) is 13.9. The molecule has 4 nitrogen and oxygen atoms in total. The first-order chi connectivity index (χ1) is 24.2. The summed E-state index contributed by atoms with van der Waals surface area (Å²) in [6, 6.07) is 31.4. The molecule has 0 spiro atoms. The number of aliphatic hydroxyl groups is 1. The number of fused-ring (bicyclic) bond motifs is 6. The molecule has 0 atom stereocenters.